The fourth-order valence-electron chi connectivity index (χ4n) is 2.87. The van der Waals surface area contributed by atoms with Gasteiger partial charge in [-0.15, -0.1) is 0 Å². The summed E-state index contributed by atoms with van der Waals surface area (Å²) in [5.41, 5.74) is 1.12. The van der Waals surface area contributed by atoms with Gasteiger partial charge in [0.25, 0.3) is 17.6 Å². The normalized spacial score (nSPS) is 13.7. The molecule has 0 spiro atoms. The number of carbonyl (C=O) groups excluding carboxylic acids is 4. The van der Waals surface area contributed by atoms with Crippen molar-refractivity contribution in [2.45, 2.75) is 20.0 Å². The summed E-state index contributed by atoms with van der Waals surface area (Å²) in [5.74, 6) is -2.11. The van der Waals surface area contributed by atoms with Crippen LogP contribution >= 0.6 is 0 Å². The van der Waals surface area contributed by atoms with Crippen LogP contribution in [0.15, 0.2) is 48.5 Å². The third-order valence-electron chi connectivity index (χ3n) is 4.28. The highest BCUT2D eigenvalue weighted by atomic mass is 16.5. The van der Waals surface area contributed by atoms with Gasteiger partial charge in [0.15, 0.2) is 6.10 Å². The lowest BCUT2D eigenvalue weighted by Gasteiger charge is -2.18. The summed E-state index contributed by atoms with van der Waals surface area (Å²) >= 11 is 0. The molecule has 1 N–H and O–H groups in total. The Hall–Kier alpha value is -3.68. The standard InChI is InChI=1S/C21H20N2O6/c1-3-28-15-10-8-14(9-11-15)22-20(26)13(2)29-18(24)12-23-17-7-5-4-6-16(17)19(25)21(23)27/h4-11,13H,3,12H2,1-2H3,(H,22,26)/t13-/m0/s1. The minimum Gasteiger partial charge on any atom is -0.494 e. The first-order chi connectivity index (χ1) is 13.9. The Labute approximate surface area is 167 Å². The van der Waals surface area contributed by atoms with Gasteiger partial charge >= 0.3 is 5.97 Å². The van der Waals surface area contributed by atoms with Gasteiger partial charge in [-0.3, -0.25) is 24.1 Å². The Bertz CT molecular complexity index is 954. The lowest BCUT2D eigenvalue weighted by Crippen LogP contribution is -2.38. The molecule has 2 aromatic carbocycles. The van der Waals surface area contributed by atoms with Crippen molar-refractivity contribution in [2.75, 3.05) is 23.4 Å². The van der Waals surface area contributed by atoms with E-state index in [1.165, 1.54) is 13.0 Å². The van der Waals surface area contributed by atoms with Gasteiger partial charge in [-0.2, -0.15) is 0 Å². The van der Waals surface area contributed by atoms with Crippen molar-refractivity contribution in [3.8, 4) is 5.75 Å². The molecule has 1 heterocycles. The number of nitrogens with one attached hydrogen (secondary N) is 1. The Balaban J connectivity index is 1.57. The summed E-state index contributed by atoms with van der Waals surface area (Å²) in [4.78, 5) is 49.6. The monoisotopic (exact) mass is 396 g/mol. The van der Waals surface area contributed by atoms with Gasteiger partial charge < -0.3 is 14.8 Å². The van der Waals surface area contributed by atoms with Crippen LogP contribution < -0.4 is 15.0 Å². The number of benzene rings is 2. The zero-order chi connectivity index (χ0) is 21.0. The van der Waals surface area contributed by atoms with Crippen LogP contribution in [0.5, 0.6) is 5.75 Å². The Morgan fingerprint density at radius 2 is 1.76 bits per heavy atom. The largest absolute Gasteiger partial charge is 0.494 e. The molecule has 1 aliphatic heterocycles. The number of esters is 1. The van der Waals surface area contributed by atoms with Crippen molar-refractivity contribution in [1.29, 1.82) is 0 Å². The predicted molar refractivity (Wildman–Crippen MR) is 105 cm³/mol. The molecule has 0 aliphatic carbocycles. The Kier molecular flexibility index (Phi) is 5.92. The molecule has 0 radical (unpaired) electrons. The second kappa shape index (κ2) is 8.55. The zero-order valence-electron chi connectivity index (χ0n) is 16.0. The number of amides is 2. The van der Waals surface area contributed by atoms with Crippen molar-refractivity contribution in [3.05, 3.63) is 54.1 Å². The summed E-state index contributed by atoms with van der Waals surface area (Å²) in [6.07, 6.45) is -1.09. The Morgan fingerprint density at radius 3 is 2.45 bits per heavy atom. The van der Waals surface area contributed by atoms with Crippen LogP contribution in [0.25, 0.3) is 0 Å². The summed E-state index contributed by atoms with van der Waals surface area (Å²) in [5, 5.41) is 2.64. The number of nitrogens with zero attached hydrogens (tertiary/aromatic N) is 1. The van der Waals surface area contributed by atoms with Crippen molar-refractivity contribution < 1.29 is 28.7 Å². The molecule has 2 aromatic rings. The molecule has 0 aromatic heterocycles. The third kappa shape index (κ3) is 4.43. The molecule has 150 valence electrons. The minimum absolute atomic E-state index is 0.242. The maximum absolute atomic E-state index is 12.3. The SMILES string of the molecule is CCOc1ccc(NC(=O)[C@H](C)OC(=O)CN2C(=O)C(=O)c3ccccc32)cc1. The van der Waals surface area contributed by atoms with E-state index in [0.717, 1.165) is 4.90 Å². The molecule has 8 heteroatoms. The molecule has 0 unspecified atom stereocenters. The third-order valence-corrected chi connectivity index (χ3v) is 4.28. The lowest BCUT2D eigenvalue weighted by molar-refractivity contribution is -0.152. The average molecular weight is 396 g/mol. The second-order valence-electron chi connectivity index (χ2n) is 6.32. The predicted octanol–water partition coefficient (Wildman–Crippen LogP) is 2.18. The van der Waals surface area contributed by atoms with E-state index in [9.17, 15) is 19.2 Å². The van der Waals surface area contributed by atoms with E-state index in [4.69, 9.17) is 9.47 Å². The van der Waals surface area contributed by atoms with Crippen molar-refractivity contribution in [3.63, 3.8) is 0 Å². The highest BCUT2D eigenvalue weighted by Crippen LogP contribution is 2.28. The average Bonchev–Trinajstić information content (AvgIpc) is 2.94. The molecular formula is C21H20N2O6. The van der Waals surface area contributed by atoms with Gasteiger partial charge in [-0.1, -0.05) is 12.1 Å². The van der Waals surface area contributed by atoms with E-state index >= 15 is 0 Å². The molecule has 0 fully saturated rings. The van der Waals surface area contributed by atoms with Gasteiger partial charge in [0.2, 0.25) is 0 Å². The number of hydrogen-bond donors (Lipinski definition) is 1. The van der Waals surface area contributed by atoms with Crippen LogP contribution in [0.1, 0.15) is 24.2 Å². The topological polar surface area (TPSA) is 102 Å². The smallest absolute Gasteiger partial charge is 0.326 e. The number of para-hydroxylation sites is 1. The van der Waals surface area contributed by atoms with Crippen LogP contribution in [0.3, 0.4) is 0 Å². The second-order valence-corrected chi connectivity index (χ2v) is 6.32. The van der Waals surface area contributed by atoms with Gasteiger partial charge in [-0.25, -0.2) is 0 Å². The van der Waals surface area contributed by atoms with Crippen LogP contribution in [-0.2, 0) is 19.1 Å². The van der Waals surface area contributed by atoms with Crippen molar-refractivity contribution in [1.82, 2.24) is 0 Å². The van der Waals surface area contributed by atoms with Gasteiger partial charge in [0, 0.05) is 5.69 Å². The fraction of sp³-hybridized carbons (Fsp3) is 0.238. The number of carbonyl (C=O) groups is 4. The Morgan fingerprint density at radius 1 is 1.07 bits per heavy atom. The molecule has 0 saturated heterocycles. The molecular weight excluding hydrogens is 376 g/mol. The van der Waals surface area contributed by atoms with Crippen LogP contribution in [0, 0.1) is 0 Å². The number of ether oxygens (including phenoxy) is 2. The molecule has 1 aliphatic rings. The maximum atomic E-state index is 12.3. The quantitative estimate of drug-likeness (QED) is 0.569. The lowest BCUT2D eigenvalue weighted by atomic mass is 10.1. The van der Waals surface area contributed by atoms with E-state index in [1.54, 1.807) is 42.5 Å². The molecule has 2 amide bonds. The zero-order valence-corrected chi connectivity index (χ0v) is 16.0. The molecule has 0 bridgehead atoms. The highest BCUT2D eigenvalue weighted by molar-refractivity contribution is 6.52. The van der Waals surface area contributed by atoms with E-state index in [1.807, 2.05) is 6.92 Å². The van der Waals surface area contributed by atoms with E-state index in [0.29, 0.717) is 23.7 Å². The maximum Gasteiger partial charge on any atom is 0.326 e. The number of fused-ring (bicyclic) bond motifs is 1. The van der Waals surface area contributed by atoms with Gasteiger partial charge in [-0.05, 0) is 50.2 Å². The van der Waals surface area contributed by atoms with Crippen LogP contribution in [-0.4, -0.2) is 42.8 Å². The van der Waals surface area contributed by atoms with Gasteiger partial charge in [0.05, 0.1) is 17.9 Å². The molecule has 29 heavy (non-hydrogen) atoms. The van der Waals surface area contributed by atoms with Crippen molar-refractivity contribution >= 4 is 34.9 Å². The van der Waals surface area contributed by atoms with E-state index in [-0.39, 0.29) is 5.56 Å². The number of anilines is 2. The molecule has 3 rings (SSSR count). The summed E-state index contributed by atoms with van der Waals surface area (Å²) < 4.78 is 10.5. The number of Topliss-reactive ketones (excluding diaryl/α,β-unsaturated/α-hetero) is 1. The highest BCUT2D eigenvalue weighted by Gasteiger charge is 2.37. The number of hydrogen-bond acceptors (Lipinski definition) is 6. The van der Waals surface area contributed by atoms with Crippen LogP contribution in [0.2, 0.25) is 0 Å². The van der Waals surface area contributed by atoms with Gasteiger partial charge in [0.1, 0.15) is 12.3 Å². The first-order valence-electron chi connectivity index (χ1n) is 9.09. The van der Waals surface area contributed by atoms with E-state index in [2.05, 4.69) is 5.32 Å². The minimum atomic E-state index is -1.09. The fourth-order valence-corrected chi connectivity index (χ4v) is 2.87. The van der Waals surface area contributed by atoms with E-state index < -0.39 is 36.2 Å². The molecule has 0 saturated carbocycles. The molecule has 1 atom stereocenters. The first-order valence-corrected chi connectivity index (χ1v) is 9.09. The first kappa shape index (κ1) is 20.1. The van der Waals surface area contributed by atoms with Crippen molar-refractivity contribution in [2.24, 2.45) is 0 Å². The molecule has 8 nitrogen and oxygen atoms in total. The summed E-state index contributed by atoms with van der Waals surface area (Å²) in [6, 6.07) is 13.2. The number of rotatable bonds is 7. The van der Waals surface area contributed by atoms with Crippen LogP contribution in [0.4, 0.5) is 11.4 Å². The summed E-state index contributed by atoms with van der Waals surface area (Å²) in [7, 11) is 0. The summed E-state index contributed by atoms with van der Waals surface area (Å²) in [6.45, 7) is 3.37. The number of ketones is 1.